The summed E-state index contributed by atoms with van der Waals surface area (Å²) < 4.78 is 1.17. The Kier molecular flexibility index (Phi) is 3.94. The third kappa shape index (κ3) is 2.59. The van der Waals surface area contributed by atoms with Gasteiger partial charge in [0.05, 0.1) is 5.69 Å². The molecule has 0 atom stereocenters. The molecule has 1 heterocycles. The number of benzene rings is 2. The maximum absolute atomic E-state index is 3.71. The van der Waals surface area contributed by atoms with Crippen LogP contribution in [0.1, 0.15) is 17.5 Å². The fourth-order valence-corrected chi connectivity index (χ4v) is 3.63. The summed E-state index contributed by atoms with van der Waals surface area (Å²) in [5.74, 6) is 0. The van der Waals surface area contributed by atoms with Crippen LogP contribution in [-0.4, -0.2) is 6.54 Å². The molecule has 1 aliphatic rings. The number of nitrogens with zero attached hydrogens (tertiary/aromatic N) is 1. The van der Waals surface area contributed by atoms with Crippen molar-refractivity contribution in [2.45, 2.75) is 18.2 Å². The lowest BCUT2D eigenvalue weighted by Crippen LogP contribution is -2.24. The Labute approximate surface area is 130 Å². The Bertz CT molecular complexity index is 595. The first-order chi connectivity index (χ1) is 9.29. The predicted octanol–water partition coefficient (Wildman–Crippen LogP) is 5.43. The Morgan fingerprint density at radius 1 is 1.05 bits per heavy atom. The highest BCUT2D eigenvalue weighted by Crippen LogP contribution is 2.37. The van der Waals surface area contributed by atoms with Crippen molar-refractivity contribution in [2.24, 2.45) is 0 Å². The van der Waals surface area contributed by atoms with Crippen LogP contribution in [-0.2, 0) is 11.8 Å². The zero-order valence-corrected chi connectivity index (χ0v) is 13.7. The van der Waals surface area contributed by atoms with E-state index in [1.807, 2.05) is 0 Å². The first-order valence-corrected chi connectivity index (χ1v) is 8.41. The maximum atomic E-state index is 3.71. The van der Waals surface area contributed by atoms with Crippen LogP contribution in [0, 0.1) is 0 Å². The minimum atomic E-state index is 0.891. The lowest BCUT2D eigenvalue weighted by molar-refractivity contribution is 0.766. The van der Waals surface area contributed by atoms with Gasteiger partial charge >= 0.3 is 0 Å². The van der Waals surface area contributed by atoms with E-state index in [2.05, 4.69) is 79.2 Å². The average molecular weight is 381 g/mol. The molecule has 0 aliphatic carbocycles. The van der Waals surface area contributed by atoms with Gasteiger partial charge in [-0.15, -0.1) is 0 Å². The number of hydrogen-bond donors (Lipinski definition) is 0. The topological polar surface area (TPSA) is 3.24 Å². The summed E-state index contributed by atoms with van der Waals surface area (Å²) in [4.78, 5) is 2.42. The lowest BCUT2D eigenvalue weighted by atomic mass is 10.0. The minimum absolute atomic E-state index is 0.891. The second kappa shape index (κ2) is 5.68. The standard InChI is InChI=1S/C16H15Br2N/c17-11-12-7-8-16(14(18)10-12)19-9-3-5-13-4-1-2-6-15(13)19/h1-2,4,6-8,10H,3,5,9,11H2. The van der Waals surface area contributed by atoms with Gasteiger partial charge in [0.25, 0.3) is 0 Å². The van der Waals surface area contributed by atoms with Gasteiger partial charge in [-0.05, 0) is 58.1 Å². The van der Waals surface area contributed by atoms with Crippen molar-refractivity contribution in [1.82, 2.24) is 0 Å². The van der Waals surface area contributed by atoms with E-state index >= 15 is 0 Å². The van der Waals surface area contributed by atoms with E-state index in [0.29, 0.717) is 0 Å². The van der Waals surface area contributed by atoms with Crippen molar-refractivity contribution in [3.05, 3.63) is 58.1 Å². The zero-order valence-electron chi connectivity index (χ0n) is 10.6. The molecule has 2 aromatic rings. The second-order valence-corrected chi connectivity index (χ2v) is 6.22. The van der Waals surface area contributed by atoms with E-state index in [4.69, 9.17) is 0 Å². The van der Waals surface area contributed by atoms with Crippen LogP contribution in [0.4, 0.5) is 11.4 Å². The molecule has 0 unspecified atom stereocenters. The SMILES string of the molecule is BrCc1ccc(N2CCCc3ccccc32)c(Br)c1. The molecule has 0 saturated heterocycles. The van der Waals surface area contributed by atoms with Gasteiger partial charge in [-0.25, -0.2) is 0 Å². The summed E-state index contributed by atoms with van der Waals surface area (Å²) in [5, 5.41) is 0.891. The normalized spacial score (nSPS) is 14.3. The molecule has 0 amide bonds. The highest BCUT2D eigenvalue weighted by Gasteiger charge is 2.19. The van der Waals surface area contributed by atoms with E-state index in [9.17, 15) is 0 Å². The molecule has 0 saturated carbocycles. The Balaban J connectivity index is 2.04. The Morgan fingerprint density at radius 3 is 2.68 bits per heavy atom. The molecule has 0 radical (unpaired) electrons. The number of aryl methyl sites for hydroxylation is 1. The van der Waals surface area contributed by atoms with Crippen LogP contribution in [0.15, 0.2) is 46.9 Å². The average Bonchev–Trinajstić information content (AvgIpc) is 2.46. The molecule has 1 aliphatic heterocycles. The zero-order chi connectivity index (χ0) is 13.2. The largest absolute Gasteiger partial charge is 0.340 e. The molecule has 3 rings (SSSR count). The van der Waals surface area contributed by atoms with Crippen LogP contribution < -0.4 is 4.90 Å². The predicted molar refractivity (Wildman–Crippen MR) is 88.5 cm³/mol. The van der Waals surface area contributed by atoms with Crippen molar-refractivity contribution >= 4 is 43.2 Å². The first kappa shape index (κ1) is 13.2. The quantitative estimate of drug-likeness (QED) is 0.628. The van der Waals surface area contributed by atoms with Gasteiger partial charge in [0.2, 0.25) is 0 Å². The number of hydrogen-bond acceptors (Lipinski definition) is 1. The molecule has 0 fully saturated rings. The molecule has 2 aromatic carbocycles. The van der Waals surface area contributed by atoms with Crippen molar-refractivity contribution in [1.29, 1.82) is 0 Å². The highest BCUT2D eigenvalue weighted by atomic mass is 79.9. The summed E-state index contributed by atoms with van der Waals surface area (Å²) in [5.41, 5.74) is 5.35. The highest BCUT2D eigenvalue weighted by molar-refractivity contribution is 9.10. The monoisotopic (exact) mass is 379 g/mol. The van der Waals surface area contributed by atoms with Gasteiger partial charge in [0.1, 0.15) is 0 Å². The summed E-state index contributed by atoms with van der Waals surface area (Å²) in [7, 11) is 0. The molecular weight excluding hydrogens is 366 g/mol. The van der Waals surface area contributed by atoms with Crippen molar-refractivity contribution in [3.8, 4) is 0 Å². The summed E-state index contributed by atoms with van der Waals surface area (Å²) >= 11 is 7.22. The molecule has 19 heavy (non-hydrogen) atoms. The number of para-hydroxylation sites is 1. The summed E-state index contributed by atoms with van der Waals surface area (Å²) in [6.45, 7) is 1.09. The Morgan fingerprint density at radius 2 is 1.89 bits per heavy atom. The van der Waals surface area contributed by atoms with Crippen LogP contribution in [0.5, 0.6) is 0 Å². The van der Waals surface area contributed by atoms with E-state index in [0.717, 1.165) is 11.9 Å². The molecule has 98 valence electrons. The third-order valence-electron chi connectivity index (χ3n) is 3.57. The molecule has 0 aromatic heterocycles. The van der Waals surface area contributed by atoms with Crippen LogP contribution >= 0.6 is 31.9 Å². The first-order valence-electron chi connectivity index (χ1n) is 6.49. The van der Waals surface area contributed by atoms with E-state index in [1.165, 1.54) is 39.8 Å². The van der Waals surface area contributed by atoms with E-state index < -0.39 is 0 Å². The summed E-state index contributed by atoms with van der Waals surface area (Å²) in [6.07, 6.45) is 2.40. The van der Waals surface area contributed by atoms with Gasteiger partial charge in [-0.3, -0.25) is 0 Å². The Hall–Kier alpha value is -0.800. The maximum Gasteiger partial charge on any atom is 0.0555 e. The van der Waals surface area contributed by atoms with E-state index in [1.54, 1.807) is 0 Å². The van der Waals surface area contributed by atoms with Gasteiger partial charge in [0.15, 0.2) is 0 Å². The molecule has 0 N–H and O–H groups in total. The fourth-order valence-electron chi connectivity index (χ4n) is 2.64. The number of alkyl halides is 1. The number of rotatable bonds is 2. The van der Waals surface area contributed by atoms with Crippen molar-refractivity contribution in [3.63, 3.8) is 0 Å². The second-order valence-electron chi connectivity index (χ2n) is 4.80. The van der Waals surface area contributed by atoms with Crippen LogP contribution in [0.2, 0.25) is 0 Å². The van der Waals surface area contributed by atoms with Gasteiger partial charge in [-0.1, -0.05) is 40.2 Å². The smallest absolute Gasteiger partial charge is 0.0555 e. The number of anilines is 2. The summed E-state index contributed by atoms with van der Waals surface area (Å²) in [6, 6.07) is 15.3. The van der Waals surface area contributed by atoms with Gasteiger partial charge in [0, 0.05) is 22.0 Å². The minimum Gasteiger partial charge on any atom is -0.340 e. The molecule has 0 spiro atoms. The van der Waals surface area contributed by atoms with Crippen LogP contribution in [0.25, 0.3) is 0 Å². The molecular formula is C16H15Br2N. The molecule has 3 heteroatoms. The lowest BCUT2D eigenvalue weighted by Gasteiger charge is -2.32. The van der Waals surface area contributed by atoms with Crippen molar-refractivity contribution < 1.29 is 0 Å². The van der Waals surface area contributed by atoms with Gasteiger partial charge in [-0.2, -0.15) is 0 Å². The fraction of sp³-hybridized carbons (Fsp3) is 0.250. The number of halogens is 2. The van der Waals surface area contributed by atoms with Gasteiger partial charge < -0.3 is 4.90 Å². The number of fused-ring (bicyclic) bond motifs is 1. The van der Waals surface area contributed by atoms with Crippen molar-refractivity contribution in [2.75, 3.05) is 11.4 Å². The van der Waals surface area contributed by atoms with Crippen LogP contribution in [0.3, 0.4) is 0 Å². The molecule has 1 nitrogen and oxygen atoms in total. The third-order valence-corrected chi connectivity index (χ3v) is 4.85. The van der Waals surface area contributed by atoms with E-state index in [-0.39, 0.29) is 0 Å². The molecule has 0 bridgehead atoms.